The van der Waals surface area contributed by atoms with Crippen LogP contribution in [0.5, 0.6) is 0 Å². The Morgan fingerprint density at radius 2 is 2.25 bits per heavy atom. The number of benzene rings is 1. The predicted octanol–water partition coefficient (Wildman–Crippen LogP) is 1.70. The number of nitrogens with one attached hydrogen (secondary N) is 1. The van der Waals surface area contributed by atoms with E-state index >= 15 is 0 Å². The summed E-state index contributed by atoms with van der Waals surface area (Å²) in [7, 11) is 0. The third kappa shape index (κ3) is 6.23. The zero-order chi connectivity index (χ0) is 14.8. The molecule has 0 aliphatic heterocycles. The molecule has 0 amide bonds. The molecule has 0 aliphatic carbocycles. The average molecular weight is 300 g/mol. The van der Waals surface area contributed by atoms with Crippen LogP contribution in [0, 0.1) is 0 Å². The smallest absolute Gasteiger partial charge is 0.188 e. The molecule has 0 radical (unpaired) electrons. The van der Waals surface area contributed by atoms with Gasteiger partial charge in [0.1, 0.15) is 6.10 Å². The van der Waals surface area contributed by atoms with Crippen LogP contribution in [-0.2, 0) is 4.74 Å². The van der Waals surface area contributed by atoms with Crippen molar-refractivity contribution in [3.63, 3.8) is 0 Å². The van der Waals surface area contributed by atoms with Gasteiger partial charge < -0.3 is 20.9 Å². The van der Waals surface area contributed by atoms with Gasteiger partial charge in [0, 0.05) is 30.3 Å². The van der Waals surface area contributed by atoms with Crippen LogP contribution in [0.15, 0.2) is 29.3 Å². The molecule has 20 heavy (non-hydrogen) atoms. The van der Waals surface area contributed by atoms with Crippen molar-refractivity contribution in [2.24, 2.45) is 10.7 Å². The molecule has 5 nitrogen and oxygen atoms in total. The summed E-state index contributed by atoms with van der Waals surface area (Å²) in [4.78, 5) is 4.09. The van der Waals surface area contributed by atoms with E-state index in [-0.39, 0.29) is 6.54 Å². The van der Waals surface area contributed by atoms with Crippen molar-refractivity contribution in [1.29, 1.82) is 0 Å². The summed E-state index contributed by atoms with van der Waals surface area (Å²) < 4.78 is 5.21. The van der Waals surface area contributed by atoms with Gasteiger partial charge in [-0.15, -0.1) is 0 Å². The van der Waals surface area contributed by atoms with Crippen LogP contribution >= 0.6 is 11.6 Å². The summed E-state index contributed by atoms with van der Waals surface area (Å²) in [5.74, 6) is 0.313. The SMILES string of the molecule is CCOCCCNC(N)=NCC(O)c1ccccc1Cl. The van der Waals surface area contributed by atoms with Crippen molar-refractivity contribution in [3.05, 3.63) is 34.9 Å². The average Bonchev–Trinajstić information content (AvgIpc) is 2.45. The van der Waals surface area contributed by atoms with Gasteiger partial charge in [0.2, 0.25) is 0 Å². The van der Waals surface area contributed by atoms with Crippen molar-refractivity contribution in [2.75, 3.05) is 26.3 Å². The fourth-order valence-corrected chi connectivity index (χ4v) is 1.88. The lowest BCUT2D eigenvalue weighted by Gasteiger charge is -2.11. The number of nitrogens with two attached hydrogens (primary N) is 1. The van der Waals surface area contributed by atoms with Gasteiger partial charge in [-0.1, -0.05) is 29.8 Å². The maximum absolute atomic E-state index is 10.00. The molecule has 0 bridgehead atoms. The summed E-state index contributed by atoms with van der Waals surface area (Å²) in [5, 5.41) is 13.5. The highest BCUT2D eigenvalue weighted by Crippen LogP contribution is 2.22. The largest absolute Gasteiger partial charge is 0.386 e. The van der Waals surface area contributed by atoms with Gasteiger partial charge in [0.25, 0.3) is 0 Å². The second kappa shape index (κ2) is 9.58. The molecule has 6 heteroatoms. The molecule has 1 atom stereocenters. The van der Waals surface area contributed by atoms with E-state index in [2.05, 4.69) is 10.3 Å². The number of aliphatic imine (C=N–C) groups is 1. The van der Waals surface area contributed by atoms with Gasteiger partial charge in [-0.05, 0) is 19.4 Å². The Balaban J connectivity index is 2.33. The zero-order valence-corrected chi connectivity index (χ0v) is 12.4. The van der Waals surface area contributed by atoms with Crippen molar-refractivity contribution in [2.45, 2.75) is 19.4 Å². The lowest BCUT2D eigenvalue weighted by molar-refractivity contribution is 0.145. The Morgan fingerprint density at radius 3 is 2.95 bits per heavy atom. The lowest BCUT2D eigenvalue weighted by atomic mass is 10.1. The topological polar surface area (TPSA) is 79.9 Å². The van der Waals surface area contributed by atoms with Crippen LogP contribution in [-0.4, -0.2) is 37.4 Å². The maximum atomic E-state index is 10.00. The summed E-state index contributed by atoms with van der Waals surface area (Å²) in [6, 6.07) is 7.15. The first-order chi connectivity index (χ1) is 9.65. The minimum atomic E-state index is -0.757. The van der Waals surface area contributed by atoms with Crippen molar-refractivity contribution in [1.82, 2.24) is 5.32 Å². The number of ether oxygens (including phenoxy) is 1. The molecule has 0 spiro atoms. The van der Waals surface area contributed by atoms with Crippen LogP contribution in [0.3, 0.4) is 0 Å². The molecular weight excluding hydrogens is 278 g/mol. The second-order valence-corrected chi connectivity index (χ2v) is 4.65. The minimum Gasteiger partial charge on any atom is -0.386 e. The number of guanidine groups is 1. The van der Waals surface area contributed by atoms with Gasteiger partial charge in [-0.25, -0.2) is 0 Å². The summed E-state index contributed by atoms with van der Waals surface area (Å²) >= 11 is 6.00. The van der Waals surface area contributed by atoms with E-state index in [4.69, 9.17) is 22.1 Å². The van der Waals surface area contributed by atoms with Crippen molar-refractivity contribution < 1.29 is 9.84 Å². The molecule has 1 aromatic rings. The van der Waals surface area contributed by atoms with Gasteiger partial charge in [0.15, 0.2) is 5.96 Å². The van der Waals surface area contributed by atoms with Gasteiger partial charge in [-0.3, -0.25) is 4.99 Å². The molecule has 112 valence electrons. The Labute approximate surface area is 124 Å². The molecular formula is C14H22ClN3O2. The van der Waals surface area contributed by atoms with Crippen LogP contribution in [0.1, 0.15) is 25.0 Å². The van der Waals surface area contributed by atoms with Crippen LogP contribution in [0.25, 0.3) is 0 Å². The van der Waals surface area contributed by atoms with E-state index in [9.17, 15) is 5.11 Å². The van der Waals surface area contributed by atoms with E-state index in [0.29, 0.717) is 36.3 Å². The van der Waals surface area contributed by atoms with Crippen molar-refractivity contribution in [3.8, 4) is 0 Å². The molecule has 1 unspecified atom stereocenters. The van der Waals surface area contributed by atoms with E-state index in [1.807, 2.05) is 19.1 Å². The Hall–Kier alpha value is -1.30. The second-order valence-electron chi connectivity index (χ2n) is 4.24. The highest BCUT2D eigenvalue weighted by Gasteiger charge is 2.10. The molecule has 1 aromatic carbocycles. The number of aliphatic hydroxyl groups is 1. The fourth-order valence-electron chi connectivity index (χ4n) is 1.62. The third-order valence-corrected chi connectivity index (χ3v) is 3.02. The number of nitrogens with zero attached hydrogens (tertiary/aromatic N) is 1. The number of halogens is 1. The van der Waals surface area contributed by atoms with Gasteiger partial charge in [-0.2, -0.15) is 0 Å². The first kappa shape index (κ1) is 16.8. The Morgan fingerprint density at radius 1 is 1.50 bits per heavy atom. The highest BCUT2D eigenvalue weighted by molar-refractivity contribution is 6.31. The molecule has 1 rings (SSSR count). The molecule has 0 saturated carbocycles. The maximum Gasteiger partial charge on any atom is 0.188 e. The van der Waals surface area contributed by atoms with Crippen molar-refractivity contribution >= 4 is 17.6 Å². The summed E-state index contributed by atoms with van der Waals surface area (Å²) in [6.07, 6.45) is 0.101. The van der Waals surface area contributed by atoms with E-state index < -0.39 is 6.10 Å². The Kier molecular flexibility index (Phi) is 8.02. The molecule has 0 fully saturated rings. The number of rotatable bonds is 8. The molecule has 0 aromatic heterocycles. The summed E-state index contributed by atoms with van der Waals surface area (Å²) in [6.45, 7) is 4.23. The highest BCUT2D eigenvalue weighted by atomic mass is 35.5. The quantitative estimate of drug-likeness (QED) is 0.388. The fraction of sp³-hybridized carbons (Fsp3) is 0.500. The molecule has 0 aliphatic rings. The Bertz CT molecular complexity index is 427. The minimum absolute atomic E-state index is 0.175. The first-order valence-electron chi connectivity index (χ1n) is 6.69. The molecule has 0 saturated heterocycles. The number of aliphatic hydroxyl groups excluding tert-OH is 1. The van der Waals surface area contributed by atoms with E-state index in [1.165, 1.54) is 0 Å². The van der Waals surface area contributed by atoms with E-state index in [1.54, 1.807) is 12.1 Å². The monoisotopic (exact) mass is 299 g/mol. The van der Waals surface area contributed by atoms with Crippen LogP contribution < -0.4 is 11.1 Å². The van der Waals surface area contributed by atoms with Gasteiger partial charge in [0.05, 0.1) is 6.54 Å². The van der Waals surface area contributed by atoms with Crippen LogP contribution in [0.2, 0.25) is 5.02 Å². The third-order valence-electron chi connectivity index (χ3n) is 2.67. The molecule has 4 N–H and O–H groups in total. The number of hydrogen-bond donors (Lipinski definition) is 3. The van der Waals surface area contributed by atoms with Gasteiger partial charge >= 0.3 is 0 Å². The predicted molar refractivity (Wildman–Crippen MR) is 82.0 cm³/mol. The lowest BCUT2D eigenvalue weighted by Crippen LogP contribution is -2.33. The summed E-state index contributed by atoms with van der Waals surface area (Å²) in [5.41, 5.74) is 6.36. The number of hydrogen-bond acceptors (Lipinski definition) is 3. The molecule has 0 heterocycles. The van der Waals surface area contributed by atoms with E-state index in [0.717, 1.165) is 6.42 Å². The van der Waals surface area contributed by atoms with Crippen LogP contribution in [0.4, 0.5) is 0 Å². The first-order valence-corrected chi connectivity index (χ1v) is 7.07. The zero-order valence-electron chi connectivity index (χ0n) is 11.7. The standard InChI is InChI=1S/C14H22ClN3O2/c1-2-20-9-5-8-17-14(16)18-10-13(19)11-6-3-4-7-12(11)15/h3-4,6-7,13,19H,2,5,8-10H2,1H3,(H3,16,17,18). The normalized spacial score (nSPS) is 13.2.